The van der Waals surface area contributed by atoms with Crippen molar-refractivity contribution in [3.63, 3.8) is 0 Å². The molecule has 0 fully saturated rings. The Balaban J connectivity index is 1.90. The van der Waals surface area contributed by atoms with Gasteiger partial charge in [-0.1, -0.05) is 6.07 Å². The van der Waals surface area contributed by atoms with Crippen LogP contribution in [0.1, 0.15) is 18.2 Å². The number of ether oxygens (including phenoxy) is 1. The van der Waals surface area contributed by atoms with E-state index in [9.17, 15) is 13.6 Å². The number of anilines is 1. The summed E-state index contributed by atoms with van der Waals surface area (Å²) >= 11 is 1.34. The molecule has 0 radical (unpaired) electrons. The van der Waals surface area contributed by atoms with E-state index < -0.39 is 11.6 Å². The number of aromatic nitrogens is 1. The van der Waals surface area contributed by atoms with Crippen LogP contribution in [0.4, 0.5) is 13.9 Å². The fraction of sp³-hybridized carbons (Fsp3) is 0.286. The van der Waals surface area contributed by atoms with Gasteiger partial charge in [0.1, 0.15) is 0 Å². The van der Waals surface area contributed by atoms with Crippen LogP contribution < -0.4 is 5.32 Å². The topological polar surface area (TPSA) is 51.2 Å². The van der Waals surface area contributed by atoms with E-state index in [0.29, 0.717) is 29.5 Å². The lowest BCUT2D eigenvalue weighted by Gasteiger charge is -2.03. The highest BCUT2D eigenvalue weighted by Gasteiger charge is 2.08. The molecule has 1 heterocycles. The van der Waals surface area contributed by atoms with Gasteiger partial charge in [0.05, 0.1) is 18.7 Å². The smallest absolute Gasteiger partial charge is 0.311 e. The van der Waals surface area contributed by atoms with Crippen LogP contribution in [0.15, 0.2) is 23.6 Å². The lowest BCUT2D eigenvalue weighted by atomic mass is 10.2. The summed E-state index contributed by atoms with van der Waals surface area (Å²) in [7, 11) is 0. The lowest BCUT2D eigenvalue weighted by molar-refractivity contribution is -0.142. The highest BCUT2D eigenvalue weighted by Crippen LogP contribution is 2.17. The first-order chi connectivity index (χ1) is 10.1. The fourth-order valence-corrected chi connectivity index (χ4v) is 2.37. The molecule has 4 nitrogen and oxygen atoms in total. The maximum absolute atomic E-state index is 13.1. The van der Waals surface area contributed by atoms with Crippen molar-refractivity contribution in [1.29, 1.82) is 0 Å². The monoisotopic (exact) mass is 312 g/mol. The zero-order valence-electron chi connectivity index (χ0n) is 11.4. The van der Waals surface area contributed by atoms with Gasteiger partial charge in [0.25, 0.3) is 0 Å². The van der Waals surface area contributed by atoms with E-state index in [1.165, 1.54) is 17.4 Å². The Kier molecular flexibility index (Phi) is 5.21. The number of hydrogen-bond donors (Lipinski definition) is 1. The second-order valence-corrected chi connectivity index (χ2v) is 5.09. The molecule has 0 bridgehead atoms. The molecule has 0 unspecified atom stereocenters. The predicted octanol–water partition coefficient (Wildman–Crippen LogP) is 3.14. The number of benzene rings is 1. The Hall–Kier alpha value is -2.02. The van der Waals surface area contributed by atoms with E-state index in [1.54, 1.807) is 12.3 Å². The van der Waals surface area contributed by atoms with E-state index >= 15 is 0 Å². The molecule has 0 aliphatic carbocycles. The maximum Gasteiger partial charge on any atom is 0.311 e. The minimum atomic E-state index is -0.878. The minimum Gasteiger partial charge on any atom is -0.466 e. The summed E-state index contributed by atoms with van der Waals surface area (Å²) in [6.45, 7) is 2.40. The minimum absolute atomic E-state index is 0.122. The molecule has 0 atom stereocenters. The van der Waals surface area contributed by atoms with Crippen LogP contribution in [-0.2, 0) is 22.5 Å². The number of esters is 1. The molecule has 7 heteroatoms. The van der Waals surface area contributed by atoms with Gasteiger partial charge in [-0.3, -0.25) is 4.79 Å². The molecular weight excluding hydrogens is 298 g/mol. The maximum atomic E-state index is 13.1. The highest BCUT2D eigenvalue weighted by atomic mass is 32.1. The number of nitrogens with zero attached hydrogens (tertiary/aromatic N) is 1. The van der Waals surface area contributed by atoms with Crippen molar-refractivity contribution in [3.05, 3.63) is 46.5 Å². The lowest BCUT2D eigenvalue weighted by Crippen LogP contribution is -2.08. The average Bonchev–Trinajstić information content (AvgIpc) is 2.88. The number of rotatable bonds is 6. The van der Waals surface area contributed by atoms with Crippen LogP contribution in [-0.4, -0.2) is 17.6 Å². The summed E-state index contributed by atoms with van der Waals surface area (Å²) in [5.74, 6) is -2.07. The van der Waals surface area contributed by atoms with Gasteiger partial charge < -0.3 is 10.1 Å². The van der Waals surface area contributed by atoms with Crippen molar-refractivity contribution in [2.24, 2.45) is 0 Å². The molecule has 2 aromatic rings. The van der Waals surface area contributed by atoms with E-state index in [2.05, 4.69) is 10.3 Å². The zero-order valence-corrected chi connectivity index (χ0v) is 12.2. The second-order valence-electron chi connectivity index (χ2n) is 4.23. The first-order valence-corrected chi connectivity index (χ1v) is 7.24. The SMILES string of the molecule is CCOC(=O)Cc1csc(NCc2ccc(F)c(F)c2)n1. The number of carbonyl (C=O) groups excluding carboxylic acids is 1. The van der Waals surface area contributed by atoms with Crippen molar-refractivity contribution in [3.8, 4) is 0 Å². The van der Waals surface area contributed by atoms with Gasteiger partial charge >= 0.3 is 5.97 Å². The van der Waals surface area contributed by atoms with E-state index in [1.807, 2.05) is 0 Å². The Morgan fingerprint density at radius 1 is 1.38 bits per heavy atom. The van der Waals surface area contributed by atoms with Crippen molar-refractivity contribution in [2.45, 2.75) is 19.9 Å². The third kappa shape index (κ3) is 4.49. The summed E-state index contributed by atoms with van der Waals surface area (Å²) in [6.07, 6.45) is 0.122. The molecule has 0 aliphatic rings. The van der Waals surface area contributed by atoms with Crippen molar-refractivity contribution < 1.29 is 18.3 Å². The largest absolute Gasteiger partial charge is 0.466 e. The Morgan fingerprint density at radius 3 is 2.90 bits per heavy atom. The van der Waals surface area contributed by atoms with Crippen LogP contribution in [0.3, 0.4) is 0 Å². The number of halogens is 2. The zero-order chi connectivity index (χ0) is 15.2. The summed E-state index contributed by atoms with van der Waals surface area (Å²) in [5, 5.41) is 5.36. The summed E-state index contributed by atoms with van der Waals surface area (Å²) < 4.78 is 30.7. The van der Waals surface area contributed by atoms with Gasteiger partial charge in [-0.05, 0) is 24.6 Å². The molecule has 0 saturated heterocycles. The molecule has 0 saturated carbocycles. The number of hydrogen-bond acceptors (Lipinski definition) is 5. The predicted molar refractivity (Wildman–Crippen MR) is 76.1 cm³/mol. The van der Waals surface area contributed by atoms with E-state index in [4.69, 9.17) is 4.74 Å². The van der Waals surface area contributed by atoms with Crippen molar-refractivity contribution >= 4 is 22.4 Å². The summed E-state index contributed by atoms with van der Waals surface area (Å²) in [5.41, 5.74) is 1.22. The number of carbonyl (C=O) groups is 1. The molecule has 0 spiro atoms. The van der Waals surface area contributed by atoms with Gasteiger partial charge in [-0.15, -0.1) is 11.3 Å². The Labute approximate surface area is 124 Å². The summed E-state index contributed by atoms with van der Waals surface area (Å²) in [4.78, 5) is 15.5. The Bertz CT molecular complexity index is 631. The molecule has 0 amide bonds. The fourth-order valence-electron chi connectivity index (χ4n) is 1.66. The molecule has 21 heavy (non-hydrogen) atoms. The normalized spacial score (nSPS) is 10.4. The van der Waals surface area contributed by atoms with Crippen molar-refractivity contribution in [2.75, 3.05) is 11.9 Å². The standard InChI is InChI=1S/C14H14F2N2O2S/c1-2-20-13(19)6-10-8-21-14(18-10)17-7-9-3-4-11(15)12(16)5-9/h3-5,8H,2,6-7H2,1H3,(H,17,18). The highest BCUT2D eigenvalue weighted by molar-refractivity contribution is 7.13. The molecular formula is C14H14F2N2O2S. The molecule has 0 aliphatic heterocycles. The van der Waals surface area contributed by atoms with Gasteiger partial charge in [-0.2, -0.15) is 0 Å². The number of nitrogens with one attached hydrogen (secondary N) is 1. The molecule has 1 N–H and O–H groups in total. The first kappa shape index (κ1) is 15.4. The van der Waals surface area contributed by atoms with Crippen LogP contribution in [0.25, 0.3) is 0 Å². The second kappa shape index (κ2) is 7.12. The molecule has 112 valence electrons. The van der Waals surface area contributed by atoms with Crippen LogP contribution >= 0.6 is 11.3 Å². The van der Waals surface area contributed by atoms with Gasteiger partial charge in [-0.25, -0.2) is 13.8 Å². The van der Waals surface area contributed by atoms with Gasteiger partial charge in [0.2, 0.25) is 0 Å². The van der Waals surface area contributed by atoms with Gasteiger partial charge in [0, 0.05) is 11.9 Å². The van der Waals surface area contributed by atoms with E-state index in [0.717, 1.165) is 12.1 Å². The molecule has 1 aromatic carbocycles. The molecule has 2 rings (SSSR count). The van der Waals surface area contributed by atoms with E-state index in [-0.39, 0.29) is 12.4 Å². The summed E-state index contributed by atoms with van der Waals surface area (Å²) in [6, 6.07) is 3.72. The number of thiazole rings is 1. The van der Waals surface area contributed by atoms with Crippen LogP contribution in [0.2, 0.25) is 0 Å². The quantitative estimate of drug-likeness (QED) is 0.833. The third-order valence-corrected chi connectivity index (χ3v) is 3.46. The van der Waals surface area contributed by atoms with Gasteiger partial charge in [0.15, 0.2) is 16.8 Å². The average molecular weight is 312 g/mol. The van der Waals surface area contributed by atoms with Crippen molar-refractivity contribution in [1.82, 2.24) is 4.98 Å². The first-order valence-electron chi connectivity index (χ1n) is 6.36. The third-order valence-electron chi connectivity index (χ3n) is 2.61. The Morgan fingerprint density at radius 2 is 2.19 bits per heavy atom. The molecule has 1 aromatic heterocycles. The van der Waals surface area contributed by atoms with Crippen LogP contribution in [0.5, 0.6) is 0 Å². The van der Waals surface area contributed by atoms with Crippen LogP contribution in [0, 0.1) is 11.6 Å².